The van der Waals surface area contributed by atoms with Gasteiger partial charge in [0.15, 0.2) is 0 Å². The second-order valence-electron chi connectivity index (χ2n) is 4.53. The van der Waals surface area contributed by atoms with Crippen molar-refractivity contribution in [3.63, 3.8) is 0 Å². The van der Waals surface area contributed by atoms with Crippen LogP contribution < -0.4 is 11.3 Å². The summed E-state index contributed by atoms with van der Waals surface area (Å²) in [7, 11) is 0. The molecule has 0 saturated heterocycles. The maximum absolute atomic E-state index is 13.8. The molecule has 1 heterocycles. The van der Waals surface area contributed by atoms with Crippen LogP contribution in [0.1, 0.15) is 16.6 Å². The van der Waals surface area contributed by atoms with Crippen LogP contribution in [0.25, 0.3) is 10.8 Å². The molecule has 3 nitrogen and oxygen atoms in total. The number of hydrogen-bond acceptors (Lipinski definition) is 4. The van der Waals surface area contributed by atoms with Crippen LogP contribution in [0.3, 0.4) is 0 Å². The van der Waals surface area contributed by atoms with Gasteiger partial charge in [-0.3, -0.25) is 11.3 Å². The fraction of sp³-hybridized carbons (Fsp3) is 0.133. The Morgan fingerprint density at radius 3 is 2.70 bits per heavy atom. The van der Waals surface area contributed by atoms with Gasteiger partial charge >= 0.3 is 0 Å². The number of benzene rings is 2. The molecule has 3 N–H and O–H groups in total. The van der Waals surface area contributed by atoms with Crippen LogP contribution in [0, 0.1) is 5.82 Å². The molecule has 0 bridgehead atoms. The second-order valence-corrected chi connectivity index (χ2v) is 5.51. The van der Waals surface area contributed by atoms with E-state index in [9.17, 15) is 4.39 Å². The Morgan fingerprint density at radius 2 is 2.00 bits per heavy atom. The van der Waals surface area contributed by atoms with Crippen LogP contribution in [0.2, 0.25) is 0 Å². The van der Waals surface area contributed by atoms with Crippen LogP contribution in [0.15, 0.2) is 48.0 Å². The lowest BCUT2D eigenvalue weighted by Crippen LogP contribution is -2.29. The zero-order chi connectivity index (χ0) is 13.9. The molecule has 102 valence electrons. The summed E-state index contributed by atoms with van der Waals surface area (Å²) in [5.74, 6) is 5.47. The Kier molecular flexibility index (Phi) is 3.73. The van der Waals surface area contributed by atoms with E-state index >= 15 is 0 Å². The minimum Gasteiger partial charge on any atom is -0.271 e. The highest BCUT2D eigenvalue weighted by Crippen LogP contribution is 2.28. The zero-order valence-electron chi connectivity index (χ0n) is 10.7. The number of nitrogens with one attached hydrogen (secondary N) is 1. The molecule has 0 aliphatic carbocycles. The van der Waals surface area contributed by atoms with Crippen molar-refractivity contribution in [1.82, 2.24) is 10.4 Å². The van der Waals surface area contributed by atoms with Gasteiger partial charge in [0.25, 0.3) is 0 Å². The molecule has 0 spiro atoms. The third kappa shape index (κ3) is 2.43. The maximum atomic E-state index is 13.8. The lowest BCUT2D eigenvalue weighted by molar-refractivity contribution is 0.553. The molecule has 1 unspecified atom stereocenters. The van der Waals surface area contributed by atoms with Gasteiger partial charge in [-0.25, -0.2) is 9.37 Å². The number of hydrogen-bond donors (Lipinski definition) is 2. The molecule has 0 amide bonds. The molecule has 0 saturated carbocycles. The number of nitrogens with two attached hydrogens (primary N) is 1. The molecule has 0 fully saturated rings. The van der Waals surface area contributed by atoms with Crippen LogP contribution >= 0.6 is 11.3 Å². The van der Waals surface area contributed by atoms with Crippen molar-refractivity contribution >= 4 is 22.1 Å². The monoisotopic (exact) mass is 287 g/mol. The minimum atomic E-state index is -0.214. The minimum absolute atomic E-state index is 0.0911. The first-order valence-electron chi connectivity index (χ1n) is 6.31. The van der Waals surface area contributed by atoms with E-state index in [1.165, 1.54) is 6.07 Å². The highest BCUT2D eigenvalue weighted by Gasteiger charge is 2.16. The van der Waals surface area contributed by atoms with Crippen molar-refractivity contribution in [2.45, 2.75) is 12.5 Å². The van der Waals surface area contributed by atoms with Crippen molar-refractivity contribution in [2.24, 2.45) is 5.84 Å². The van der Waals surface area contributed by atoms with Gasteiger partial charge in [0.05, 0.1) is 11.0 Å². The Hall–Kier alpha value is -1.82. The number of fused-ring (bicyclic) bond motifs is 1. The molecule has 0 aliphatic heterocycles. The Bertz CT molecular complexity index is 712. The summed E-state index contributed by atoms with van der Waals surface area (Å²) < 4.78 is 13.8. The first kappa shape index (κ1) is 13.2. The smallest absolute Gasteiger partial charge is 0.131 e. The summed E-state index contributed by atoms with van der Waals surface area (Å²) >= 11 is 1.59. The van der Waals surface area contributed by atoms with Crippen molar-refractivity contribution in [3.8, 4) is 0 Å². The SMILES string of the molecule is NNC(Cc1nccs1)c1ccc(F)c2ccccc12. The highest BCUT2D eigenvalue weighted by molar-refractivity contribution is 7.09. The first-order chi connectivity index (χ1) is 9.79. The molecule has 3 rings (SSSR count). The standard InChI is InChI=1S/C15H14FN3S/c16-13-6-5-12(10-3-1-2-4-11(10)13)14(19-17)9-15-18-7-8-20-15/h1-8,14,19H,9,17H2. The quantitative estimate of drug-likeness (QED) is 0.572. The summed E-state index contributed by atoms with van der Waals surface area (Å²) in [5, 5.41) is 4.43. The van der Waals surface area contributed by atoms with Crippen LogP contribution in [-0.4, -0.2) is 4.98 Å². The van der Waals surface area contributed by atoms with Crippen molar-refractivity contribution in [1.29, 1.82) is 0 Å². The topological polar surface area (TPSA) is 50.9 Å². The largest absolute Gasteiger partial charge is 0.271 e. The van der Waals surface area contributed by atoms with Crippen molar-refractivity contribution < 1.29 is 4.39 Å². The van der Waals surface area contributed by atoms with Gasteiger partial charge in [0.1, 0.15) is 5.82 Å². The Balaban J connectivity index is 2.05. The van der Waals surface area contributed by atoms with Gasteiger partial charge < -0.3 is 0 Å². The lowest BCUT2D eigenvalue weighted by atomic mass is 9.97. The van der Waals surface area contributed by atoms with E-state index in [0.29, 0.717) is 11.8 Å². The lowest BCUT2D eigenvalue weighted by Gasteiger charge is -2.17. The molecule has 3 aromatic rings. The van der Waals surface area contributed by atoms with E-state index in [1.54, 1.807) is 29.7 Å². The first-order valence-corrected chi connectivity index (χ1v) is 7.19. The number of hydrazine groups is 1. The Labute approximate surface area is 120 Å². The molecule has 1 atom stereocenters. The van der Waals surface area contributed by atoms with Crippen molar-refractivity contribution in [2.75, 3.05) is 0 Å². The summed E-state index contributed by atoms with van der Waals surface area (Å²) in [6, 6.07) is 10.6. The van der Waals surface area contributed by atoms with E-state index in [2.05, 4.69) is 10.4 Å². The van der Waals surface area contributed by atoms with Gasteiger partial charge in [0.2, 0.25) is 0 Å². The molecule has 20 heavy (non-hydrogen) atoms. The molecule has 0 aliphatic rings. The fourth-order valence-electron chi connectivity index (χ4n) is 2.38. The number of halogens is 1. The average molecular weight is 287 g/mol. The Morgan fingerprint density at radius 1 is 1.20 bits per heavy atom. The van der Waals surface area contributed by atoms with Crippen LogP contribution in [-0.2, 0) is 6.42 Å². The van der Waals surface area contributed by atoms with E-state index < -0.39 is 0 Å². The summed E-state index contributed by atoms with van der Waals surface area (Å²) in [5.41, 5.74) is 3.80. The predicted octanol–water partition coefficient (Wildman–Crippen LogP) is 3.18. The number of rotatable bonds is 4. The summed E-state index contributed by atoms with van der Waals surface area (Å²) in [6.07, 6.45) is 2.46. The molecule has 0 radical (unpaired) electrons. The summed E-state index contributed by atoms with van der Waals surface area (Å²) in [4.78, 5) is 4.28. The predicted molar refractivity (Wildman–Crippen MR) is 79.8 cm³/mol. The number of thiazole rings is 1. The van der Waals surface area contributed by atoms with Gasteiger partial charge in [-0.05, 0) is 17.0 Å². The normalized spacial score (nSPS) is 12.7. The van der Waals surface area contributed by atoms with Crippen molar-refractivity contribution in [3.05, 3.63) is 64.4 Å². The van der Waals surface area contributed by atoms with Gasteiger partial charge in [-0.15, -0.1) is 11.3 Å². The van der Waals surface area contributed by atoms with Gasteiger partial charge in [-0.2, -0.15) is 0 Å². The second kappa shape index (κ2) is 5.66. The van der Waals surface area contributed by atoms with Crippen LogP contribution in [0.5, 0.6) is 0 Å². The van der Waals surface area contributed by atoms with E-state index in [-0.39, 0.29) is 11.9 Å². The van der Waals surface area contributed by atoms with Gasteiger partial charge in [0, 0.05) is 23.4 Å². The third-order valence-electron chi connectivity index (χ3n) is 3.34. The highest BCUT2D eigenvalue weighted by atomic mass is 32.1. The number of nitrogens with zero attached hydrogens (tertiary/aromatic N) is 1. The summed E-state index contributed by atoms with van der Waals surface area (Å²) in [6.45, 7) is 0. The molecule has 2 aromatic carbocycles. The molecular formula is C15H14FN3S. The van der Waals surface area contributed by atoms with E-state index in [1.807, 2.05) is 23.6 Å². The fourth-order valence-corrected chi connectivity index (χ4v) is 3.04. The van der Waals surface area contributed by atoms with Gasteiger partial charge in [-0.1, -0.05) is 30.3 Å². The van der Waals surface area contributed by atoms with E-state index in [4.69, 9.17) is 5.84 Å². The zero-order valence-corrected chi connectivity index (χ0v) is 11.5. The molecule has 5 heteroatoms. The molecular weight excluding hydrogens is 273 g/mol. The van der Waals surface area contributed by atoms with Crippen LogP contribution in [0.4, 0.5) is 4.39 Å². The third-order valence-corrected chi connectivity index (χ3v) is 4.15. The average Bonchev–Trinajstić information content (AvgIpc) is 2.99. The van der Waals surface area contributed by atoms with E-state index in [0.717, 1.165) is 16.0 Å². The number of aromatic nitrogens is 1. The molecule has 1 aromatic heterocycles. The maximum Gasteiger partial charge on any atom is 0.131 e.